The molecule has 0 saturated carbocycles. The van der Waals surface area contributed by atoms with Gasteiger partial charge in [-0.2, -0.15) is 5.11 Å². The van der Waals surface area contributed by atoms with E-state index in [1.165, 1.54) is 12.1 Å². The molecule has 3 rings (SSSR count). The zero-order valence-corrected chi connectivity index (χ0v) is 7.57. The Morgan fingerprint density at radius 3 is 3.13 bits per heavy atom. The van der Waals surface area contributed by atoms with Crippen molar-refractivity contribution in [1.82, 2.24) is 0 Å². The average Bonchev–Trinajstić information content (AvgIpc) is 2.61. The van der Waals surface area contributed by atoms with Gasteiger partial charge >= 0.3 is 0 Å². The van der Waals surface area contributed by atoms with Crippen LogP contribution in [0.4, 0.5) is 10.1 Å². The summed E-state index contributed by atoms with van der Waals surface area (Å²) in [5, 5.41) is 10.2. The fourth-order valence-corrected chi connectivity index (χ4v) is 1.76. The Balaban J connectivity index is 2.17. The van der Waals surface area contributed by atoms with Crippen molar-refractivity contribution >= 4 is 11.6 Å². The summed E-state index contributed by atoms with van der Waals surface area (Å²) < 4.78 is 13.0. The first-order valence-corrected chi connectivity index (χ1v) is 4.47. The number of anilines is 1. The largest absolute Gasteiger partial charge is 0.361 e. The molecule has 0 bridgehead atoms. The Bertz CT molecular complexity index is 521. The molecule has 0 aliphatic carbocycles. The standard InChI is InChI=1S/C10H6FN3O/c11-5-1-2-8-6(3-5)9-7(4-12-8)10(15)14-13-9/h1-4,9,12H. The minimum atomic E-state index is -0.440. The predicted molar refractivity (Wildman–Crippen MR) is 50.7 cm³/mol. The van der Waals surface area contributed by atoms with E-state index in [-0.39, 0.29) is 11.7 Å². The second kappa shape index (κ2) is 2.73. The molecule has 0 saturated heterocycles. The van der Waals surface area contributed by atoms with Crippen LogP contribution in [0.15, 0.2) is 40.2 Å². The SMILES string of the molecule is O=C1N=NC2C1=CNc1ccc(F)cc12. The summed E-state index contributed by atoms with van der Waals surface area (Å²) in [6.07, 6.45) is 1.58. The van der Waals surface area contributed by atoms with Crippen molar-refractivity contribution in [3.05, 3.63) is 41.4 Å². The molecule has 74 valence electrons. The van der Waals surface area contributed by atoms with Crippen molar-refractivity contribution < 1.29 is 9.18 Å². The van der Waals surface area contributed by atoms with Crippen LogP contribution in [0.5, 0.6) is 0 Å². The van der Waals surface area contributed by atoms with Gasteiger partial charge in [0.15, 0.2) is 0 Å². The molecule has 4 nitrogen and oxygen atoms in total. The summed E-state index contributed by atoms with van der Waals surface area (Å²) in [6, 6.07) is 3.91. The Morgan fingerprint density at radius 1 is 1.40 bits per heavy atom. The minimum Gasteiger partial charge on any atom is -0.361 e. The van der Waals surface area contributed by atoms with Crippen LogP contribution in [0.1, 0.15) is 11.6 Å². The van der Waals surface area contributed by atoms with E-state index >= 15 is 0 Å². The van der Waals surface area contributed by atoms with Gasteiger partial charge in [-0.1, -0.05) is 0 Å². The maximum absolute atomic E-state index is 13.0. The zero-order chi connectivity index (χ0) is 10.4. The van der Waals surface area contributed by atoms with Crippen molar-refractivity contribution in [2.24, 2.45) is 10.2 Å². The lowest BCUT2D eigenvalue weighted by atomic mass is 9.96. The highest BCUT2D eigenvalue weighted by Gasteiger charge is 2.32. The zero-order valence-electron chi connectivity index (χ0n) is 7.57. The first-order valence-electron chi connectivity index (χ1n) is 4.47. The van der Waals surface area contributed by atoms with Crippen LogP contribution in [0.2, 0.25) is 0 Å². The number of amides is 1. The first kappa shape index (κ1) is 8.28. The number of halogens is 1. The molecule has 0 aromatic heterocycles. The highest BCUT2D eigenvalue weighted by Crippen LogP contribution is 2.39. The summed E-state index contributed by atoms with van der Waals surface area (Å²) in [5.41, 5.74) is 1.88. The van der Waals surface area contributed by atoms with Crippen LogP contribution in [-0.2, 0) is 4.79 Å². The van der Waals surface area contributed by atoms with Gasteiger partial charge in [0, 0.05) is 17.5 Å². The average molecular weight is 203 g/mol. The Hall–Kier alpha value is -2.04. The normalized spacial score (nSPS) is 21.8. The molecule has 15 heavy (non-hydrogen) atoms. The van der Waals surface area contributed by atoms with Gasteiger partial charge in [-0.05, 0) is 18.2 Å². The van der Waals surface area contributed by atoms with E-state index < -0.39 is 6.04 Å². The fourth-order valence-electron chi connectivity index (χ4n) is 1.76. The quantitative estimate of drug-likeness (QED) is 0.702. The highest BCUT2D eigenvalue weighted by atomic mass is 19.1. The van der Waals surface area contributed by atoms with Crippen LogP contribution in [0.25, 0.3) is 0 Å². The number of azo groups is 1. The Morgan fingerprint density at radius 2 is 2.27 bits per heavy atom. The fraction of sp³-hybridized carbons (Fsp3) is 0.100. The lowest BCUT2D eigenvalue weighted by molar-refractivity contribution is -0.114. The van der Waals surface area contributed by atoms with Crippen LogP contribution in [0.3, 0.4) is 0 Å². The van der Waals surface area contributed by atoms with E-state index in [0.29, 0.717) is 11.1 Å². The van der Waals surface area contributed by atoms with E-state index in [9.17, 15) is 9.18 Å². The number of hydrogen-bond donors (Lipinski definition) is 1. The molecule has 1 aromatic carbocycles. The minimum absolute atomic E-state index is 0.341. The van der Waals surface area contributed by atoms with Gasteiger partial charge in [0.2, 0.25) is 0 Å². The van der Waals surface area contributed by atoms with Crippen molar-refractivity contribution in [2.75, 3.05) is 5.32 Å². The van der Waals surface area contributed by atoms with Crippen LogP contribution < -0.4 is 5.32 Å². The lowest BCUT2D eigenvalue weighted by Gasteiger charge is -2.18. The lowest BCUT2D eigenvalue weighted by Crippen LogP contribution is -2.11. The molecule has 2 heterocycles. The van der Waals surface area contributed by atoms with Gasteiger partial charge in [-0.25, -0.2) is 4.39 Å². The Labute approximate surface area is 84.5 Å². The van der Waals surface area contributed by atoms with Crippen LogP contribution in [0, 0.1) is 5.82 Å². The van der Waals surface area contributed by atoms with E-state index in [1.807, 2.05) is 0 Å². The van der Waals surface area contributed by atoms with E-state index in [1.54, 1.807) is 12.3 Å². The van der Waals surface area contributed by atoms with Crippen molar-refractivity contribution in [3.8, 4) is 0 Å². The van der Waals surface area contributed by atoms with E-state index in [0.717, 1.165) is 5.69 Å². The maximum atomic E-state index is 13.0. The van der Waals surface area contributed by atoms with Crippen molar-refractivity contribution in [2.45, 2.75) is 6.04 Å². The highest BCUT2D eigenvalue weighted by molar-refractivity contribution is 5.98. The molecule has 0 spiro atoms. The molecule has 0 fully saturated rings. The molecule has 1 amide bonds. The summed E-state index contributed by atoms with van der Waals surface area (Å²) in [6.45, 7) is 0. The number of carbonyl (C=O) groups excluding carboxylic acids is 1. The molecule has 1 aromatic rings. The topological polar surface area (TPSA) is 53.8 Å². The van der Waals surface area contributed by atoms with Crippen molar-refractivity contribution in [3.63, 3.8) is 0 Å². The molecule has 1 unspecified atom stereocenters. The van der Waals surface area contributed by atoms with Gasteiger partial charge in [-0.3, -0.25) is 4.79 Å². The summed E-state index contributed by atoms with van der Waals surface area (Å²) in [7, 11) is 0. The van der Waals surface area contributed by atoms with Gasteiger partial charge in [0.1, 0.15) is 11.9 Å². The summed E-state index contributed by atoms with van der Waals surface area (Å²) in [5.74, 6) is -0.700. The molecule has 1 atom stereocenters. The third-order valence-electron chi connectivity index (χ3n) is 2.50. The molecule has 2 aliphatic rings. The summed E-state index contributed by atoms with van der Waals surface area (Å²) in [4.78, 5) is 11.2. The monoisotopic (exact) mass is 203 g/mol. The number of carbonyl (C=O) groups is 1. The van der Waals surface area contributed by atoms with E-state index in [2.05, 4.69) is 15.5 Å². The molecule has 2 aliphatic heterocycles. The molecular weight excluding hydrogens is 197 g/mol. The number of nitrogens with zero attached hydrogens (tertiary/aromatic N) is 2. The number of benzene rings is 1. The first-order chi connectivity index (χ1) is 7.25. The van der Waals surface area contributed by atoms with E-state index in [4.69, 9.17) is 0 Å². The van der Waals surface area contributed by atoms with Gasteiger partial charge in [0.05, 0.1) is 5.57 Å². The number of nitrogens with one attached hydrogen (secondary N) is 1. The maximum Gasteiger partial charge on any atom is 0.295 e. The van der Waals surface area contributed by atoms with Crippen LogP contribution in [-0.4, -0.2) is 5.91 Å². The van der Waals surface area contributed by atoms with Crippen molar-refractivity contribution in [1.29, 1.82) is 0 Å². The molecular formula is C10H6FN3O. The molecule has 1 N–H and O–H groups in total. The smallest absolute Gasteiger partial charge is 0.295 e. The Kier molecular flexibility index (Phi) is 1.50. The van der Waals surface area contributed by atoms with Gasteiger partial charge in [-0.15, -0.1) is 5.11 Å². The number of rotatable bonds is 0. The molecule has 0 radical (unpaired) electrons. The number of fused-ring (bicyclic) bond motifs is 3. The predicted octanol–water partition coefficient (Wildman–Crippen LogP) is 2.17. The second-order valence-electron chi connectivity index (χ2n) is 3.40. The third-order valence-corrected chi connectivity index (χ3v) is 2.50. The molecule has 5 heteroatoms. The van der Waals surface area contributed by atoms with Gasteiger partial charge < -0.3 is 5.32 Å². The third kappa shape index (κ3) is 1.09. The summed E-state index contributed by atoms with van der Waals surface area (Å²) >= 11 is 0. The number of hydrogen-bond acceptors (Lipinski definition) is 3. The van der Waals surface area contributed by atoms with Crippen LogP contribution >= 0.6 is 0 Å². The second-order valence-corrected chi connectivity index (χ2v) is 3.40. The van der Waals surface area contributed by atoms with Gasteiger partial charge in [0.25, 0.3) is 5.91 Å².